The lowest BCUT2D eigenvalue weighted by Gasteiger charge is -2.37. The predicted molar refractivity (Wildman–Crippen MR) is 97.6 cm³/mol. The summed E-state index contributed by atoms with van der Waals surface area (Å²) in [6.07, 6.45) is 5.45. The number of benzene rings is 1. The minimum atomic E-state index is -0.235. The molecule has 1 heterocycles. The number of rotatable bonds is 4. The van der Waals surface area contributed by atoms with Gasteiger partial charge in [-0.15, -0.1) is 0 Å². The van der Waals surface area contributed by atoms with Gasteiger partial charge in [0, 0.05) is 12.6 Å². The van der Waals surface area contributed by atoms with E-state index in [9.17, 15) is 14.4 Å². The summed E-state index contributed by atoms with van der Waals surface area (Å²) in [6.45, 7) is 1.42. The number of likely N-dealkylation sites (tertiary alicyclic amines) is 1. The van der Waals surface area contributed by atoms with Gasteiger partial charge in [0.2, 0.25) is 17.7 Å². The first kappa shape index (κ1) is 16.5. The molecule has 3 amide bonds. The summed E-state index contributed by atoms with van der Waals surface area (Å²) in [5, 5.41) is 0. The second kappa shape index (κ2) is 5.68. The van der Waals surface area contributed by atoms with Crippen LogP contribution in [-0.2, 0) is 14.4 Å². The van der Waals surface area contributed by atoms with Gasteiger partial charge in [0.15, 0.2) is 0 Å². The van der Waals surface area contributed by atoms with Crippen molar-refractivity contribution in [3.63, 3.8) is 0 Å². The molecule has 2 bridgehead atoms. The number of carbonyl (C=O) groups is 3. The molecule has 6 rings (SSSR count). The quantitative estimate of drug-likeness (QED) is 0.604. The zero-order chi connectivity index (χ0) is 18.9. The Morgan fingerprint density at radius 1 is 1.07 bits per heavy atom. The smallest absolute Gasteiger partial charge is 0.235 e. The van der Waals surface area contributed by atoms with Crippen molar-refractivity contribution in [2.45, 2.75) is 13.3 Å². The standard InChI is InChI=1S/C21H22N2O4/c1-11(24)22(12-3-5-13(27-2)6-4-12)10-23-20(25)18-14-7-8-15(17-9-16(14)17)19(18)21(23)26/h3-8,14-19H,9-10H2,1-2H3/t14-,15-,16-,17-,18+,19+/m0/s1. The topological polar surface area (TPSA) is 66.9 Å². The fourth-order valence-electron chi connectivity index (χ4n) is 5.42. The van der Waals surface area contributed by atoms with Gasteiger partial charge in [-0.2, -0.15) is 0 Å². The molecule has 0 aromatic heterocycles. The van der Waals surface area contributed by atoms with Gasteiger partial charge in [0.25, 0.3) is 0 Å². The third-order valence-corrected chi connectivity index (χ3v) is 6.80. The minimum Gasteiger partial charge on any atom is -0.497 e. The Morgan fingerprint density at radius 2 is 1.63 bits per heavy atom. The van der Waals surface area contributed by atoms with Gasteiger partial charge >= 0.3 is 0 Å². The van der Waals surface area contributed by atoms with E-state index in [0.717, 1.165) is 6.42 Å². The Bertz CT molecular complexity index is 825. The highest BCUT2D eigenvalue weighted by molar-refractivity contribution is 6.07. The number of nitrogens with zero attached hydrogens (tertiary/aromatic N) is 2. The number of methoxy groups -OCH3 is 1. The summed E-state index contributed by atoms with van der Waals surface area (Å²) < 4.78 is 5.16. The minimum absolute atomic E-state index is 0.0267. The van der Waals surface area contributed by atoms with Crippen LogP contribution >= 0.6 is 0 Å². The van der Waals surface area contributed by atoms with Crippen LogP contribution in [0.3, 0.4) is 0 Å². The van der Waals surface area contributed by atoms with Crippen molar-refractivity contribution in [3.05, 3.63) is 36.4 Å². The number of anilines is 1. The summed E-state index contributed by atoms with van der Waals surface area (Å²) >= 11 is 0. The molecule has 3 fully saturated rings. The lowest BCUT2D eigenvalue weighted by Crippen LogP contribution is -2.44. The maximum Gasteiger partial charge on any atom is 0.235 e. The molecule has 4 aliphatic carbocycles. The SMILES string of the molecule is COc1ccc(N(CN2C(=O)[C@@H]3[C@H]4C=C[C@@H]([C@@H]5C[C@@H]45)[C@H]3C2=O)C(C)=O)cc1. The van der Waals surface area contributed by atoms with Crippen LogP contribution < -0.4 is 9.64 Å². The van der Waals surface area contributed by atoms with Crippen LogP contribution in [0.2, 0.25) is 0 Å². The molecular weight excluding hydrogens is 344 g/mol. The Kier molecular flexibility index (Phi) is 3.48. The van der Waals surface area contributed by atoms with Crippen molar-refractivity contribution >= 4 is 23.4 Å². The van der Waals surface area contributed by atoms with E-state index in [0.29, 0.717) is 23.3 Å². The number of ether oxygens (including phenoxy) is 1. The second-order valence-electron chi connectivity index (χ2n) is 8.05. The molecule has 0 unspecified atom stereocenters. The molecule has 1 aromatic rings. The zero-order valence-corrected chi connectivity index (χ0v) is 15.4. The number of hydrogen-bond donors (Lipinski definition) is 0. The van der Waals surface area contributed by atoms with Crippen molar-refractivity contribution in [1.29, 1.82) is 0 Å². The third kappa shape index (κ3) is 2.28. The van der Waals surface area contributed by atoms with E-state index in [1.165, 1.54) is 16.7 Å². The molecule has 2 saturated carbocycles. The average molecular weight is 366 g/mol. The number of carbonyl (C=O) groups excluding carboxylic acids is 3. The largest absolute Gasteiger partial charge is 0.497 e. The monoisotopic (exact) mass is 366 g/mol. The number of allylic oxidation sites excluding steroid dienone is 2. The molecule has 6 atom stereocenters. The van der Waals surface area contributed by atoms with Crippen molar-refractivity contribution in [1.82, 2.24) is 4.90 Å². The van der Waals surface area contributed by atoms with Crippen LogP contribution in [-0.4, -0.2) is 36.4 Å². The Morgan fingerprint density at radius 3 is 2.11 bits per heavy atom. The first-order valence-corrected chi connectivity index (χ1v) is 9.47. The zero-order valence-electron chi connectivity index (χ0n) is 15.4. The van der Waals surface area contributed by atoms with Crippen molar-refractivity contribution in [2.24, 2.45) is 35.5 Å². The van der Waals surface area contributed by atoms with E-state index in [4.69, 9.17) is 4.74 Å². The first-order chi connectivity index (χ1) is 13.0. The number of imide groups is 1. The Hall–Kier alpha value is -2.63. The maximum atomic E-state index is 13.1. The highest BCUT2D eigenvalue weighted by atomic mass is 16.5. The normalized spacial score (nSPS) is 35.1. The van der Waals surface area contributed by atoms with Gasteiger partial charge < -0.3 is 4.74 Å². The average Bonchev–Trinajstić information content (AvgIpc) is 3.46. The maximum absolute atomic E-state index is 13.1. The summed E-state index contributed by atoms with van der Waals surface area (Å²) in [4.78, 5) is 41.2. The molecule has 0 N–H and O–H groups in total. The molecule has 6 heteroatoms. The molecular formula is C21H22N2O4. The molecule has 0 radical (unpaired) electrons. The fraction of sp³-hybridized carbons (Fsp3) is 0.476. The van der Waals surface area contributed by atoms with Crippen LogP contribution in [0.5, 0.6) is 5.75 Å². The summed E-state index contributed by atoms with van der Waals surface area (Å²) in [6, 6.07) is 7.05. The van der Waals surface area contributed by atoms with Gasteiger partial charge in [0.05, 0.1) is 18.9 Å². The summed E-state index contributed by atoms with van der Waals surface area (Å²) in [5.74, 6) is 1.30. The van der Waals surface area contributed by atoms with E-state index in [-0.39, 0.29) is 48.1 Å². The predicted octanol–water partition coefficient (Wildman–Crippen LogP) is 2.06. The fourth-order valence-corrected chi connectivity index (χ4v) is 5.42. The molecule has 140 valence electrons. The van der Waals surface area contributed by atoms with Gasteiger partial charge in [-0.05, 0) is 54.4 Å². The Balaban J connectivity index is 1.42. The van der Waals surface area contributed by atoms with Gasteiger partial charge in [-0.25, -0.2) is 0 Å². The molecule has 6 nitrogen and oxygen atoms in total. The molecule has 5 aliphatic rings. The van der Waals surface area contributed by atoms with Crippen molar-refractivity contribution < 1.29 is 19.1 Å². The van der Waals surface area contributed by atoms with Crippen LogP contribution in [0.15, 0.2) is 36.4 Å². The first-order valence-electron chi connectivity index (χ1n) is 9.47. The highest BCUT2D eigenvalue weighted by Crippen LogP contribution is 2.65. The number of hydrogen-bond acceptors (Lipinski definition) is 4. The lowest BCUT2D eigenvalue weighted by molar-refractivity contribution is -0.140. The van der Waals surface area contributed by atoms with Crippen LogP contribution in [0, 0.1) is 35.5 Å². The second-order valence-corrected chi connectivity index (χ2v) is 8.05. The molecule has 27 heavy (non-hydrogen) atoms. The van der Waals surface area contributed by atoms with E-state index in [1.807, 2.05) is 0 Å². The van der Waals surface area contributed by atoms with Gasteiger partial charge in [-0.1, -0.05) is 12.2 Å². The summed E-state index contributed by atoms with van der Waals surface area (Å²) in [7, 11) is 1.58. The molecule has 1 aromatic carbocycles. The lowest BCUT2D eigenvalue weighted by atomic mass is 9.63. The van der Waals surface area contributed by atoms with Crippen molar-refractivity contribution in [2.75, 3.05) is 18.7 Å². The van der Waals surface area contributed by atoms with E-state index in [2.05, 4.69) is 12.2 Å². The van der Waals surface area contributed by atoms with E-state index >= 15 is 0 Å². The van der Waals surface area contributed by atoms with Crippen LogP contribution in [0.4, 0.5) is 5.69 Å². The number of amides is 3. The van der Waals surface area contributed by atoms with Gasteiger partial charge in [-0.3, -0.25) is 24.2 Å². The van der Waals surface area contributed by atoms with E-state index in [1.54, 1.807) is 31.4 Å². The highest BCUT2D eigenvalue weighted by Gasteiger charge is 2.67. The van der Waals surface area contributed by atoms with E-state index < -0.39 is 0 Å². The molecule has 1 saturated heterocycles. The molecule has 0 spiro atoms. The van der Waals surface area contributed by atoms with Crippen LogP contribution in [0.1, 0.15) is 13.3 Å². The van der Waals surface area contributed by atoms with Gasteiger partial charge in [0.1, 0.15) is 12.4 Å². The Labute approximate surface area is 157 Å². The van der Waals surface area contributed by atoms with Crippen molar-refractivity contribution in [3.8, 4) is 5.75 Å². The third-order valence-electron chi connectivity index (χ3n) is 6.80. The molecule has 1 aliphatic heterocycles. The van der Waals surface area contributed by atoms with Crippen LogP contribution in [0.25, 0.3) is 0 Å². The summed E-state index contributed by atoms with van der Waals surface area (Å²) in [5.41, 5.74) is 0.641.